The van der Waals surface area contributed by atoms with Gasteiger partial charge in [-0.05, 0) is 59.7 Å². The highest BCUT2D eigenvalue weighted by Crippen LogP contribution is 2.40. The fraction of sp³-hybridized carbons (Fsp3) is 0.390. The number of nitrogens with zero attached hydrogens (tertiary/aromatic N) is 3. The Kier molecular flexibility index (Phi) is 13.4. The molecule has 2 aliphatic rings. The summed E-state index contributed by atoms with van der Waals surface area (Å²) in [5.41, 5.74) is 11.4. The third-order valence-corrected chi connectivity index (χ3v) is 10.8. The first kappa shape index (κ1) is 37.6. The van der Waals surface area contributed by atoms with Crippen molar-refractivity contribution in [1.29, 1.82) is 0 Å². The van der Waals surface area contributed by atoms with Crippen LogP contribution in [0.1, 0.15) is 42.3 Å². The van der Waals surface area contributed by atoms with Gasteiger partial charge in [-0.25, -0.2) is 4.79 Å². The summed E-state index contributed by atoms with van der Waals surface area (Å²) in [5, 5.41) is 4.16. The van der Waals surface area contributed by atoms with E-state index in [2.05, 4.69) is 16.9 Å². The average Bonchev–Trinajstić information content (AvgIpc) is 3.18. The van der Waals surface area contributed by atoms with E-state index in [0.29, 0.717) is 18.8 Å². The molecule has 0 amide bonds. The molecule has 10 atom stereocenters. The standard InChI is InChI=1S/C41H45N3O7S/c1-27-28(2)35(43-44-42)40(49-34(27)26-46-24-30-16-8-4-9-17-30)51-36-29(3)48-41(52-33-22-14-7-15-23-33)38(50-39(45)32-20-12-6-13-21-32)37(36)47-25-31-18-10-5-11-19-31/h4-23,27-29,34-38,40-41H,24-26H2,1-3H3/t27-,28+,29+,34?,35?,36-,37?,38?,40+,41?/m1/s1. The molecule has 0 saturated carbocycles. The molecule has 2 fully saturated rings. The molecule has 2 saturated heterocycles. The maximum atomic E-state index is 13.7. The SMILES string of the molecule is C[C@@H]1OC(Sc2ccccc2)C(OC(=O)c2ccccc2)C(OCc2ccccc2)[C@@H]1O[C@@H]1OC(COCc2ccccc2)[C@H](C)[C@H](C)C1N=[N+]=[N-]. The van der Waals surface area contributed by atoms with E-state index in [9.17, 15) is 10.3 Å². The molecule has 10 nitrogen and oxygen atoms in total. The first-order valence-corrected chi connectivity index (χ1v) is 18.5. The smallest absolute Gasteiger partial charge is 0.338 e. The molecule has 0 bridgehead atoms. The highest BCUT2D eigenvalue weighted by Gasteiger charge is 2.52. The van der Waals surface area contributed by atoms with Gasteiger partial charge in [0.2, 0.25) is 0 Å². The first-order chi connectivity index (χ1) is 25.4. The fourth-order valence-electron chi connectivity index (χ4n) is 6.56. The van der Waals surface area contributed by atoms with Crippen LogP contribution in [0.2, 0.25) is 0 Å². The lowest BCUT2D eigenvalue weighted by atomic mass is 9.82. The molecule has 0 radical (unpaired) electrons. The molecule has 2 aliphatic heterocycles. The van der Waals surface area contributed by atoms with Gasteiger partial charge in [0.25, 0.3) is 0 Å². The van der Waals surface area contributed by atoms with E-state index in [-0.39, 0.29) is 24.5 Å². The maximum absolute atomic E-state index is 13.7. The molecule has 4 aromatic carbocycles. The van der Waals surface area contributed by atoms with Crippen molar-refractivity contribution >= 4 is 17.7 Å². The van der Waals surface area contributed by atoms with Gasteiger partial charge in [0, 0.05) is 9.81 Å². The normalized spacial score (nSPS) is 28.8. The van der Waals surface area contributed by atoms with Gasteiger partial charge in [0.05, 0.1) is 43.6 Å². The van der Waals surface area contributed by atoms with Gasteiger partial charge in [-0.3, -0.25) is 0 Å². The van der Waals surface area contributed by atoms with Crippen LogP contribution in [-0.4, -0.2) is 60.9 Å². The van der Waals surface area contributed by atoms with Gasteiger partial charge in [-0.1, -0.05) is 128 Å². The molecule has 0 aliphatic carbocycles. The van der Waals surface area contributed by atoms with E-state index in [1.807, 2.05) is 111 Å². The van der Waals surface area contributed by atoms with Crippen LogP contribution >= 0.6 is 11.8 Å². The predicted molar refractivity (Wildman–Crippen MR) is 198 cm³/mol. The van der Waals surface area contributed by atoms with Gasteiger partial charge in [-0.15, -0.1) is 0 Å². The number of rotatable bonds is 14. The zero-order chi connectivity index (χ0) is 36.3. The van der Waals surface area contributed by atoms with Crippen molar-refractivity contribution in [2.45, 2.75) is 87.2 Å². The first-order valence-electron chi connectivity index (χ1n) is 17.7. The molecule has 11 heteroatoms. The summed E-state index contributed by atoms with van der Waals surface area (Å²) in [6, 6.07) is 37.8. The predicted octanol–water partition coefficient (Wildman–Crippen LogP) is 8.61. The van der Waals surface area contributed by atoms with E-state index < -0.39 is 48.2 Å². The molecule has 52 heavy (non-hydrogen) atoms. The summed E-state index contributed by atoms with van der Waals surface area (Å²) in [5.74, 6) is -0.604. The minimum absolute atomic E-state index is 0.00232. The molecule has 6 rings (SSSR count). The minimum atomic E-state index is -0.949. The lowest BCUT2D eigenvalue weighted by Crippen LogP contribution is -2.61. The monoisotopic (exact) mass is 723 g/mol. The topological polar surface area (TPSA) is 121 Å². The Morgan fingerprint density at radius 2 is 1.35 bits per heavy atom. The molecule has 0 aromatic heterocycles. The molecule has 5 unspecified atom stereocenters. The van der Waals surface area contributed by atoms with Crippen molar-refractivity contribution in [2.24, 2.45) is 17.0 Å². The Hall–Kier alpha value is -4.19. The number of esters is 1. The number of thioether (sulfide) groups is 1. The van der Waals surface area contributed by atoms with Gasteiger partial charge >= 0.3 is 5.97 Å². The number of carbonyl (C=O) groups is 1. The molecular formula is C41H45N3O7S. The average molecular weight is 724 g/mol. The number of carbonyl (C=O) groups excluding carboxylic acids is 1. The summed E-state index contributed by atoms with van der Waals surface area (Å²) in [4.78, 5) is 17.8. The molecule has 272 valence electrons. The Morgan fingerprint density at radius 1 is 0.750 bits per heavy atom. The molecule has 4 aromatic rings. The second-order valence-corrected chi connectivity index (χ2v) is 14.4. The van der Waals surface area contributed by atoms with Crippen molar-refractivity contribution in [3.8, 4) is 0 Å². The highest BCUT2D eigenvalue weighted by molar-refractivity contribution is 7.99. The Bertz CT molecular complexity index is 1730. The van der Waals surface area contributed by atoms with Crippen LogP contribution < -0.4 is 0 Å². The summed E-state index contributed by atoms with van der Waals surface area (Å²) < 4.78 is 39.3. The van der Waals surface area contributed by atoms with E-state index in [4.69, 9.17) is 28.4 Å². The van der Waals surface area contributed by atoms with Crippen molar-refractivity contribution in [3.63, 3.8) is 0 Å². The van der Waals surface area contributed by atoms with Gasteiger partial charge in [0.15, 0.2) is 12.4 Å². The van der Waals surface area contributed by atoms with Crippen LogP contribution in [0, 0.1) is 11.8 Å². The Morgan fingerprint density at radius 3 is 1.98 bits per heavy atom. The second-order valence-electron chi connectivity index (χ2n) is 13.2. The van der Waals surface area contributed by atoms with Crippen LogP contribution in [0.4, 0.5) is 0 Å². The van der Waals surface area contributed by atoms with Crippen LogP contribution in [0.25, 0.3) is 10.4 Å². The van der Waals surface area contributed by atoms with Crippen molar-refractivity contribution in [3.05, 3.63) is 148 Å². The Balaban J connectivity index is 1.30. The molecular weight excluding hydrogens is 679 g/mol. The second kappa shape index (κ2) is 18.5. The van der Waals surface area contributed by atoms with Gasteiger partial charge in [-0.2, -0.15) is 0 Å². The zero-order valence-corrected chi connectivity index (χ0v) is 30.4. The summed E-state index contributed by atoms with van der Waals surface area (Å²) >= 11 is 1.45. The van der Waals surface area contributed by atoms with E-state index in [1.165, 1.54) is 11.8 Å². The van der Waals surface area contributed by atoms with Crippen LogP contribution in [0.5, 0.6) is 0 Å². The molecule has 0 N–H and O–H groups in total. The van der Waals surface area contributed by atoms with Crippen molar-refractivity contribution < 1.29 is 33.2 Å². The van der Waals surface area contributed by atoms with E-state index in [1.54, 1.807) is 24.3 Å². The number of azide groups is 1. The number of ether oxygens (including phenoxy) is 6. The lowest BCUT2D eigenvalue weighted by molar-refractivity contribution is -0.305. The highest BCUT2D eigenvalue weighted by atomic mass is 32.2. The maximum Gasteiger partial charge on any atom is 0.338 e. The summed E-state index contributed by atoms with van der Waals surface area (Å²) in [7, 11) is 0. The third kappa shape index (κ3) is 9.61. The number of hydrogen-bond donors (Lipinski definition) is 0. The van der Waals surface area contributed by atoms with Crippen LogP contribution in [-0.2, 0) is 41.6 Å². The van der Waals surface area contributed by atoms with Crippen LogP contribution in [0.3, 0.4) is 0 Å². The van der Waals surface area contributed by atoms with Crippen LogP contribution in [0.15, 0.2) is 131 Å². The molecule has 0 spiro atoms. The van der Waals surface area contributed by atoms with E-state index in [0.717, 1.165) is 16.0 Å². The van der Waals surface area contributed by atoms with Gasteiger partial charge in [0.1, 0.15) is 17.6 Å². The number of hydrogen-bond acceptors (Lipinski definition) is 9. The molecule has 2 heterocycles. The largest absolute Gasteiger partial charge is 0.452 e. The lowest BCUT2D eigenvalue weighted by Gasteiger charge is -2.48. The summed E-state index contributed by atoms with van der Waals surface area (Å²) in [6.45, 7) is 7.00. The van der Waals surface area contributed by atoms with E-state index >= 15 is 0 Å². The Labute approximate surface area is 309 Å². The third-order valence-electron chi connectivity index (χ3n) is 9.67. The zero-order valence-electron chi connectivity index (χ0n) is 29.5. The van der Waals surface area contributed by atoms with Crippen molar-refractivity contribution in [1.82, 2.24) is 0 Å². The fourth-order valence-corrected chi connectivity index (χ4v) is 7.71. The van der Waals surface area contributed by atoms with Crippen molar-refractivity contribution in [2.75, 3.05) is 6.61 Å². The minimum Gasteiger partial charge on any atom is -0.452 e. The summed E-state index contributed by atoms with van der Waals surface area (Å²) in [6.07, 6.45) is -4.30. The number of benzene rings is 4. The quantitative estimate of drug-likeness (QED) is 0.0549. The van der Waals surface area contributed by atoms with Gasteiger partial charge < -0.3 is 28.4 Å².